The third kappa shape index (κ3) is 6.86. The molecule has 1 saturated heterocycles. The highest BCUT2D eigenvalue weighted by atomic mass is 127. The van der Waals surface area contributed by atoms with E-state index in [0.717, 1.165) is 43.1 Å². The molecule has 2 rings (SSSR count). The lowest BCUT2D eigenvalue weighted by atomic mass is 9.99. The van der Waals surface area contributed by atoms with Crippen LogP contribution < -0.4 is 10.6 Å². The minimum atomic E-state index is -0.260. The summed E-state index contributed by atoms with van der Waals surface area (Å²) in [6.45, 7) is 6.23. The number of hydrogen-bond acceptors (Lipinski definition) is 5. The predicted molar refractivity (Wildman–Crippen MR) is 116 cm³/mol. The standard InChI is InChI=1S/C18H31N5O3.HI/c1-5-13(6-2)16-11-15(26-22-16)12-20-17(19-3)21-14-7-9-23(10-8-14)18(24)25-4;/h11,13-14H,5-10,12H2,1-4H3,(H2,19,20,21);1H. The highest BCUT2D eigenvalue weighted by molar-refractivity contribution is 14.0. The van der Waals surface area contributed by atoms with E-state index in [1.807, 2.05) is 6.07 Å². The molecule has 0 aliphatic carbocycles. The minimum Gasteiger partial charge on any atom is -0.453 e. The largest absolute Gasteiger partial charge is 0.453 e. The molecule has 9 heteroatoms. The van der Waals surface area contributed by atoms with Crippen LogP contribution in [0.2, 0.25) is 0 Å². The van der Waals surface area contributed by atoms with Crippen molar-refractivity contribution in [1.82, 2.24) is 20.7 Å². The fraction of sp³-hybridized carbons (Fsp3) is 0.722. The molecule has 0 atom stereocenters. The molecule has 1 amide bonds. The number of hydrogen-bond donors (Lipinski definition) is 2. The van der Waals surface area contributed by atoms with E-state index < -0.39 is 0 Å². The van der Waals surface area contributed by atoms with Gasteiger partial charge < -0.3 is 24.8 Å². The van der Waals surface area contributed by atoms with Gasteiger partial charge in [0.05, 0.1) is 19.3 Å². The Kier molecular flexibility index (Phi) is 10.5. The van der Waals surface area contributed by atoms with Crippen molar-refractivity contribution in [3.63, 3.8) is 0 Å². The molecule has 0 unspecified atom stereocenters. The molecule has 0 saturated carbocycles. The number of aliphatic imine (C=N–C) groups is 1. The fourth-order valence-electron chi connectivity index (χ4n) is 3.21. The number of carbonyl (C=O) groups excluding carboxylic acids is 1. The van der Waals surface area contributed by atoms with Crippen molar-refractivity contribution in [2.45, 2.75) is 58.0 Å². The summed E-state index contributed by atoms with van der Waals surface area (Å²) in [7, 11) is 3.16. The summed E-state index contributed by atoms with van der Waals surface area (Å²) >= 11 is 0. The van der Waals surface area contributed by atoms with E-state index >= 15 is 0 Å². The van der Waals surface area contributed by atoms with Gasteiger partial charge in [-0.15, -0.1) is 24.0 Å². The van der Waals surface area contributed by atoms with Gasteiger partial charge in [0.25, 0.3) is 0 Å². The number of rotatable bonds is 6. The summed E-state index contributed by atoms with van der Waals surface area (Å²) in [6, 6.07) is 2.30. The highest BCUT2D eigenvalue weighted by Gasteiger charge is 2.23. The molecule has 154 valence electrons. The molecule has 1 aromatic rings. The lowest BCUT2D eigenvalue weighted by molar-refractivity contribution is 0.111. The van der Waals surface area contributed by atoms with Crippen LogP contribution in [0.15, 0.2) is 15.6 Å². The first-order chi connectivity index (χ1) is 12.6. The van der Waals surface area contributed by atoms with E-state index in [0.29, 0.717) is 25.6 Å². The normalized spacial score (nSPS) is 15.4. The van der Waals surface area contributed by atoms with Gasteiger partial charge in [-0.2, -0.15) is 0 Å². The first-order valence-electron chi connectivity index (χ1n) is 9.36. The van der Waals surface area contributed by atoms with Crippen molar-refractivity contribution in [3.05, 3.63) is 17.5 Å². The predicted octanol–water partition coefficient (Wildman–Crippen LogP) is 3.09. The van der Waals surface area contributed by atoms with E-state index in [1.165, 1.54) is 7.11 Å². The highest BCUT2D eigenvalue weighted by Crippen LogP contribution is 2.22. The van der Waals surface area contributed by atoms with E-state index in [4.69, 9.17) is 9.26 Å². The second-order valence-electron chi connectivity index (χ2n) is 6.53. The molecule has 27 heavy (non-hydrogen) atoms. The molecule has 8 nitrogen and oxygen atoms in total. The molecule has 1 aromatic heterocycles. The SMILES string of the molecule is CCC(CC)c1cc(CNC(=NC)NC2CCN(C(=O)OC)CC2)on1.I. The molecule has 2 N–H and O–H groups in total. The van der Waals surface area contributed by atoms with Gasteiger partial charge in [0, 0.05) is 38.2 Å². The first kappa shape index (κ1) is 23.5. The van der Waals surface area contributed by atoms with Crippen LogP contribution in [0.3, 0.4) is 0 Å². The van der Waals surface area contributed by atoms with Gasteiger partial charge in [-0.05, 0) is 25.7 Å². The number of nitrogens with one attached hydrogen (secondary N) is 2. The van der Waals surface area contributed by atoms with Gasteiger partial charge in [-0.3, -0.25) is 4.99 Å². The number of nitrogens with zero attached hydrogens (tertiary/aromatic N) is 3. The van der Waals surface area contributed by atoms with Crippen molar-refractivity contribution >= 4 is 36.0 Å². The number of carbonyl (C=O) groups is 1. The van der Waals surface area contributed by atoms with Crippen LogP contribution in [0.5, 0.6) is 0 Å². The second-order valence-corrected chi connectivity index (χ2v) is 6.53. The van der Waals surface area contributed by atoms with Gasteiger partial charge in [0.15, 0.2) is 11.7 Å². The lowest BCUT2D eigenvalue weighted by Gasteiger charge is -2.32. The maximum absolute atomic E-state index is 11.5. The summed E-state index contributed by atoms with van der Waals surface area (Å²) in [4.78, 5) is 17.5. The van der Waals surface area contributed by atoms with E-state index in [2.05, 4.69) is 34.6 Å². The molecular formula is C18H32IN5O3. The van der Waals surface area contributed by atoms with Gasteiger partial charge >= 0.3 is 6.09 Å². The number of halogens is 1. The number of piperidine rings is 1. The van der Waals surface area contributed by atoms with E-state index in [1.54, 1.807) is 11.9 Å². The number of amides is 1. The third-order valence-electron chi connectivity index (χ3n) is 4.90. The number of ether oxygens (including phenoxy) is 1. The monoisotopic (exact) mass is 493 g/mol. The third-order valence-corrected chi connectivity index (χ3v) is 4.90. The summed E-state index contributed by atoms with van der Waals surface area (Å²) in [6.07, 6.45) is 3.57. The Labute approximate surface area is 178 Å². The summed E-state index contributed by atoms with van der Waals surface area (Å²) in [5, 5.41) is 10.9. The van der Waals surface area contributed by atoms with Crippen LogP contribution in [-0.4, -0.2) is 55.4 Å². The molecular weight excluding hydrogens is 461 g/mol. The van der Waals surface area contributed by atoms with Crippen molar-refractivity contribution in [1.29, 1.82) is 0 Å². The second kappa shape index (κ2) is 12.0. The van der Waals surface area contributed by atoms with E-state index in [9.17, 15) is 4.79 Å². The number of methoxy groups -OCH3 is 1. The van der Waals surface area contributed by atoms with Crippen LogP contribution in [0.1, 0.15) is 56.9 Å². The maximum atomic E-state index is 11.5. The Bertz CT molecular complexity index is 596. The zero-order chi connectivity index (χ0) is 18.9. The lowest BCUT2D eigenvalue weighted by Crippen LogP contribution is -2.49. The van der Waals surface area contributed by atoms with Crippen LogP contribution in [-0.2, 0) is 11.3 Å². The van der Waals surface area contributed by atoms with Crippen molar-refractivity contribution < 1.29 is 14.1 Å². The van der Waals surface area contributed by atoms with Crippen LogP contribution >= 0.6 is 24.0 Å². The van der Waals surface area contributed by atoms with Gasteiger partial charge in [-0.25, -0.2) is 4.79 Å². The van der Waals surface area contributed by atoms with Gasteiger partial charge in [0.1, 0.15) is 0 Å². The topological polar surface area (TPSA) is 92.0 Å². The first-order valence-corrected chi connectivity index (χ1v) is 9.36. The number of likely N-dealkylation sites (tertiary alicyclic amines) is 1. The van der Waals surface area contributed by atoms with Crippen LogP contribution in [0, 0.1) is 0 Å². The molecule has 1 aliphatic heterocycles. The minimum absolute atomic E-state index is 0. The summed E-state index contributed by atoms with van der Waals surface area (Å²) in [5.41, 5.74) is 1.02. The maximum Gasteiger partial charge on any atom is 0.409 e. The molecule has 1 fully saturated rings. The Balaban J connectivity index is 0.00000364. The fourth-order valence-corrected chi connectivity index (χ4v) is 3.21. The number of guanidine groups is 1. The van der Waals surface area contributed by atoms with Crippen molar-refractivity contribution in [2.75, 3.05) is 27.2 Å². The van der Waals surface area contributed by atoms with Crippen molar-refractivity contribution in [3.8, 4) is 0 Å². The van der Waals surface area contributed by atoms with Crippen molar-refractivity contribution in [2.24, 2.45) is 4.99 Å². The Morgan fingerprint density at radius 1 is 1.41 bits per heavy atom. The summed E-state index contributed by atoms with van der Waals surface area (Å²) in [5.74, 6) is 1.97. The average Bonchev–Trinajstić information content (AvgIpc) is 3.14. The molecule has 0 aromatic carbocycles. The quantitative estimate of drug-likeness (QED) is 0.360. The molecule has 0 spiro atoms. The van der Waals surface area contributed by atoms with Gasteiger partial charge in [-0.1, -0.05) is 19.0 Å². The zero-order valence-electron chi connectivity index (χ0n) is 16.7. The molecule has 0 bridgehead atoms. The van der Waals surface area contributed by atoms with Crippen LogP contribution in [0.25, 0.3) is 0 Å². The Hall–Kier alpha value is -1.52. The average molecular weight is 493 g/mol. The Morgan fingerprint density at radius 2 is 2.07 bits per heavy atom. The zero-order valence-corrected chi connectivity index (χ0v) is 19.0. The molecule has 0 radical (unpaired) electrons. The van der Waals surface area contributed by atoms with E-state index in [-0.39, 0.29) is 36.1 Å². The smallest absolute Gasteiger partial charge is 0.409 e. The Morgan fingerprint density at radius 3 is 2.63 bits per heavy atom. The molecule has 1 aliphatic rings. The molecule has 2 heterocycles. The van der Waals surface area contributed by atoms with Gasteiger partial charge in [0.2, 0.25) is 0 Å². The number of aromatic nitrogens is 1. The summed E-state index contributed by atoms with van der Waals surface area (Å²) < 4.78 is 10.2. The van der Waals surface area contributed by atoms with Crippen LogP contribution in [0.4, 0.5) is 4.79 Å².